The topological polar surface area (TPSA) is 58.9 Å². The minimum Gasteiger partial charge on any atom is -0.211 e. The van der Waals surface area contributed by atoms with Crippen molar-refractivity contribution >= 4 is 12.2 Å². The number of hydrogen-bond acceptors (Lipinski definition) is 4. The molecule has 0 amide bonds. The van der Waals surface area contributed by atoms with E-state index in [-0.39, 0.29) is 6.54 Å². The third-order valence-electron chi connectivity index (χ3n) is 2.34. The predicted molar refractivity (Wildman–Crippen MR) is 51.2 cm³/mol. The number of isocyanates is 2. The summed E-state index contributed by atoms with van der Waals surface area (Å²) in [6.07, 6.45) is 8.32. The van der Waals surface area contributed by atoms with Crippen molar-refractivity contribution in [1.29, 1.82) is 0 Å². The average molecular weight is 192 g/mol. The molecule has 0 heterocycles. The zero-order valence-corrected chi connectivity index (χ0v) is 7.95. The minimum atomic E-state index is 0.161. The van der Waals surface area contributed by atoms with Crippen LogP contribution in [0.5, 0.6) is 0 Å². The van der Waals surface area contributed by atoms with E-state index >= 15 is 0 Å². The van der Waals surface area contributed by atoms with E-state index in [2.05, 4.69) is 9.98 Å². The van der Waals surface area contributed by atoms with Gasteiger partial charge in [-0.25, -0.2) is 9.59 Å². The first-order valence-corrected chi connectivity index (χ1v) is 4.71. The van der Waals surface area contributed by atoms with Gasteiger partial charge in [0, 0.05) is 0 Å². The number of rotatable bonds is 3. The van der Waals surface area contributed by atoms with Crippen molar-refractivity contribution in [3.05, 3.63) is 11.3 Å². The first-order valence-electron chi connectivity index (χ1n) is 4.71. The molecule has 0 aromatic rings. The molecule has 0 N–H and O–H groups in total. The Bertz CT molecular complexity index is 313. The lowest BCUT2D eigenvalue weighted by molar-refractivity contribution is 0.559. The van der Waals surface area contributed by atoms with Crippen LogP contribution in [0.15, 0.2) is 21.3 Å². The van der Waals surface area contributed by atoms with Crippen LogP contribution in [0.2, 0.25) is 0 Å². The van der Waals surface area contributed by atoms with Crippen LogP contribution in [0.1, 0.15) is 32.1 Å². The Kier molecular flexibility index (Phi) is 4.56. The van der Waals surface area contributed by atoms with Crippen LogP contribution in [-0.4, -0.2) is 18.7 Å². The summed E-state index contributed by atoms with van der Waals surface area (Å²) in [7, 11) is 0. The van der Waals surface area contributed by atoms with Crippen molar-refractivity contribution in [3.63, 3.8) is 0 Å². The maximum atomic E-state index is 10.2. The fraction of sp³-hybridized carbons (Fsp3) is 0.600. The molecule has 1 aliphatic carbocycles. The highest BCUT2D eigenvalue weighted by Crippen LogP contribution is 2.26. The van der Waals surface area contributed by atoms with Crippen molar-refractivity contribution in [2.75, 3.05) is 6.54 Å². The third kappa shape index (κ3) is 3.09. The molecule has 14 heavy (non-hydrogen) atoms. The average Bonchev–Trinajstić information content (AvgIpc) is 2.25. The Labute approximate surface area is 82.4 Å². The molecule has 0 aliphatic heterocycles. The Morgan fingerprint density at radius 2 is 1.86 bits per heavy atom. The van der Waals surface area contributed by atoms with Crippen molar-refractivity contribution in [1.82, 2.24) is 0 Å². The molecular formula is C10H12N2O2. The van der Waals surface area contributed by atoms with E-state index in [1.807, 2.05) is 0 Å². The van der Waals surface area contributed by atoms with E-state index in [4.69, 9.17) is 0 Å². The fourth-order valence-corrected chi connectivity index (χ4v) is 1.66. The molecule has 0 spiro atoms. The van der Waals surface area contributed by atoms with Crippen molar-refractivity contribution in [3.8, 4) is 0 Å². The Balaban J connectivity index is 2.80. The molecule has 74 valence electrons. The summed E-state index contributed by atoms with van der Waals surface area (Å²) in [4.78, 5) is 27.1. The summed E-state index contributed by atoms with van der Waals surface area (Å²) < 4.78 is 0. The van der Waals surface area contributed by atoms with Crippen LogP contribution >= 0.6 is 0 Å². The van der Waals surface area contributed by atoms with Gasteiger partial charge in [0.05, 0.1) is 12.2 Å². The van der Waals surface area contributed by atoms with Crippen molar-refractivity contribution in [2.24, 2.45) is 9.98 Å². The van der Waals surface area contributed by atoms with Gasteiger partial charge in [0.2, 0.25) is 12.2 Å². The zero-order chi connectivity index (χ0) is 10.2. The molecule has 1 rings (SSSR count). The standard InChI is InChI=1S/C10H12N2O2/c13-7-11-6-10(12-8-14)9-4-2-1-3-5-9/h1-6H2. The lowest BCUT2D eigenvalue weighted by atomic mass is 9.93. The molecule has 1 saturated carbocycles. The van der Waals surface area contributed by atoms with E-state index in [1.165, 1.54) is 18.6 Å². The summed E-state index contributed by atoms with van der Waals surface area (Å²) in [6.45, 7) is 0.161. The van der Waals surface area contributed by atoms with E-state index in [0.717, 1.165) is 31.3 Å². The van der Waals surface area contributed by atoms with Gasteiger partial charge in [-0.3, -0.25) is 0 Å². The summed E-state index contributed by atoms with van der Waals surface area (Å²) >= 11 is 0. The lowest BCUT2D eigenvalue weighted by Crippen LogP contribution is -1.99. The van der Waals surface area contributed by atoms with Gasteiger partial charge >= 0.3 is 0 Å². The molecule has 4 heteroatoms. The van der Waals surface area contributed by atoms with Crippen molar-refractivity contribution < 1.29 is 9.59 Å². The SMILES string of the molecule is O=C=NCC(N=C=O)=C1CCCCC1. The Morgan fingerprint density at radius 3 is 2.43 bits per heavy atom. The third-order valence-corrected chi connectivity index (χ3v) is 2.34. The highest BCUT2D eigenvalue weighted by atomic mass is 16.1. The summed E-state index contributed by atoms with van der Waals surface area (Å²) in [5.41, 5.74) is 1.74. The summed E-state index contributed by atoms with van der Waals surface area (Å²) in [5, 5.41) is 0. The molecule has 0 aromatic carbocycles. The second-order valence-electron chi connectivity index (χ2n) is 3.22. The highest BCUT2D eigenvalue weighted by Gasteiger charge is 2.10. The first kappa shape index (κ1) is 10.6. The van der Waals surface area contributed by atoms with Gasteiger partial charge in [0.25, 0.3) is 0 Å². The van der Waals surface area contributed by atoms with Gasteiger partial charge in [0.1, 0.15) is 0 Å². The first-order chi connectivity index (χ1) is 6.88. The largest absolute Gasteiger partial charge is 0.240 e. The maximum Gasteiger partial charge on any atom is 0.240 e. The van der Waals surface area contributed by atoms with Crippen LogP contribution in [0, 0.1) is 0 Å². The van der Waals surface area contributed by atoms with E-state index < -0.39 is 0 Å². The van der Waals surface area contributed by atoms with Gasteiger partial charge in [0.15, 0.2) is 0 Å². The second-order valence-corrected chi connectivity index (χ2v) is 3.22. The molecule has 0 unspecified atom stereocenters. The second kappa shape index (κ2) is 6.03. The monoisotopic (exact) mass is 192 g/mol. The van der Waals surface area contributed by atoms with Gasteiger partial charge < -0.3 is 0 Å². The number of nitrogens with zero attached hydrogens (tertiary/aromatic N) is 2. The van der Waals surface area contributed by atoms with Crippen LogP contribution < -0.4 is 0 Å². The number of allylic oxidation sites excluding steroid dienone is 1. The molecule has 0 atom stereocenters. The molecule has 0 radical (unpaired) electrons. The molecular weight excluding hydrogens is 180 g/mol. The summed E-state index contributed by atoms with van der Waals surface area (Å²) in [6, 6.07) is 0. The number of hydrogen-bond donors (Lipinski definition) is 0. The van der Waals surface area contributed by atoms with Crippen LogP contribution in [0.25, 0.3) is 0 Å². The van der Waals surface area contributed by atoms with Crippen LogP contribution in [0.4, 0.5) is 0 Å². The van der Waals surface area contributed by atoms with Crippen LogP contribution in [0.3, 0.4) is 0 Å². The van der Waals surface area contributed by atoms with Gasteiger partial charge in [-0.1, -0.05) is 6.42 Å². The molecule has 4 nitrogen and oxygen atoms in total. The molecule has 0 aromatic heterocycles. The van der Waals surface area contributed by atoms with Gasteiger partial charge in [-0.15, -0.1) is 0 Å². The lowest BCUT2D eigenvalue weighted by Gasteiger charge is -2.14. The number of aliphatic imine (C=N–C) groups is 2. The Hall–Kier alpha value is -1.50. The highest BCUT2D eigenvalue weighted by molar-refractivity contribution is 5.40. The Morgan fingerprint density at radius 1 is 1.14 bits per heavy atom. The van der Waals surface area contributed by atoms with Gasteiger partial charge in [-0.05, 0) is 31.3 Å². The van der Waals surface area contributed by atoms with Crippen LogP contribution in [-0.2, 0) is 9.59 Å². The van der Waals surface area contributed by atoms with E-state index in [0.29, 0.717) is 5.70 Å². The molecule has 1 fully saturated rings. The normalized spacial score (nSPS) is 15.3. The minimum absolute atomic E-state index is 0.161. The maximum absolute atomic E-state index is 10.2. The zero-order valence-electron chi connectivity index (χ0n) is 7.95. The smallest absolute Gasteiger partial charge is 0.211 e. The molecule has 1 aliphatic rings. The van der Waals surface area contributed by atoms with Crippen molar-refractivity contribution in [2.45, 2.75) is 32.1 Å². The quantitative estimate of drug-likeness (QED) is 0.506. The summed E-state index contributed by atoms with van der Waals surface area (Å²) in [5.74, 6) is 0. The fourth-order valence-electron chi connectivity index (χ4n) is 1.66. The molecule has 0 bridgehead atoms. The van der Waals surface area contributed by atoms with E-state index in [9.17, 15) is 9.59 Å². The van der Waals surface area contributed by atoms with E-state index in [1.54, 1.807) is 0 Å². The molecule has 0 saturated heterocycles. The predicted octanol–water partition coefficient (Wildman–Crippen LogP) is 1.88. The van der Waals surface area contributed by atoms with Gasteiger partial charge in [-0.2, -0.15) is 9.98 Å². The number of carbonyl (C=O) groups excluding carboxylic acids is 2.